The van der Waals surface area contributed by atoms with Crippen LogP contribution in [0.1, 0.15) is 21.5 Å². The summed E-state index contributed by atoms with van der Waals surface area (Å²) >= 11 is 12.1. The number of anilines is 1. The Morgan fingerprint density at radius 2 is 1.61 bits per heavy atom. The first kappa shape index (κ1) is 25.0. The van der Waals surface area contributed by atoms with Crippen LogP contribution in [-0.4, -0.2) is 30.9 Å². The van der Waals surface area contributed by atoms with E-state index in [0.29, 0.717) is 21.4 Å². The number of ether oxygens (including phenoxy) is 2. The maximum atomic E-state index is 13.2. The first-order valence-electron chi connectivity index (χ1n) is 10.5. The van der Waals surface area contributed by atoms with Crippen LogP contribution in [0.3, 0.4) is 0 Å². The molecule has 1 heterocycles. The molecular formula is C26H18Cl2N2O6. The summed E-state index contributed by atoms with van der Waals surface area (Å²) in [7, 11) is 1.24. The third-order valence-corrected chi connectivity index (χ3v) is 5.71. The molecule has 3 aromatic rings. The Hall–Kier alpha value is -4.14. The molecule has 4 rings (SSSR count). The van der Waals surface area contributed by atoms with Crippen LogP contribution in [0, 0.1) is 0 Å². The van der Waals surface area contributed by atoms with Gasteiger partial charge in [-0.2, -0.15) is 0 Å². The summed E-state index contributed by atoms with van der Waals surface area (Å²) in [6, 6.07) is 16.5. The fourth-order valence-electron chi connectivity index (χ4n) is 3.42. The average molecular weight is 525 g/mol. The number of carbonyl (C=O) groups excluding carboxylic acids is 4. The first-order chi connectivity index (χ1) is 17.3. The second kappa shape index (κ2) is 10.6. The van der Waals surface area contributed by atoms with Gasteiger partial charge in [-0.15, -0.1) is 0 Å². The molecule has 1 fully saturated rings. The lowest BCUT2D eigenvalue weighted by Crippen LogP contribution is -2.54. The van der Waals surface area contributed by atoms with Crippen molar-refractivity contribution in [3.63, 3.8) is 0 Å². The number of urea groups is 1. The zero-order chi connectivity index (χ0) is 25.8. The van der Waals surface area contributed by atoms with Crippen LogP contribution < -0.4 is 15.0 Å². The number of benzene rings is 3. The maximum Gasteiger partial charge on any atom is 0.337 e. The van der Waals surface area contributed by atoms with Gasteiger partial charge in [0.15, 0.2) is 0 Å². The second-order valence-electron chi connectivity index (χ2n) is 7.59. The highest BCUT2D eigenvalue weighted by atomic mass is 35.5. The molecule has 0 atom stereocenters. The summed E-state index contributed by atoms with van der Waals surface area (Å²) in [6.07, 6.45) is 1.31. The molecule has 182 valence electrons. The van der Waals surface area contributed by atoms with Crippen LogP contribution in [0.2, 0.25) is 10.0 Å². The van der Waals surface area contributed by atoms with Crippen molar-refractivity contribution >= 4 is 58.8 Å². The van der Waals surface area contributed by atoms with Gasteiger partial charge in [-0.1, -0.05) is 35.3 Å². The van der Waals surface area contributed by atoms with Crippen LogP contribution in [0.4, 0.5) is 10.5 Å². The van der Waals surface area contributed by atoms with Crippen molar-refractivity contribution < 1.29 is 28.7 Å². The molecule has 1 N–H and O–H groups in total. The van der Waals surface area contributed by atoms with Crippen LogP contribution in [0.25, 0.3) is 6.08 Å². The molecule has 10 heteroatoms. The first-order valence-corrected chi connectivity index (χ1v) is 11.3. The Labute approximate surface area is 216 Å². The number of nitrogens with zero attached hydrogens (tertiary/aromatic N) is 1. The molecule has 0 aliphatic carbocycles. The molecule has 4 amide bonds. The molecule has 0 bridgehead atoms. The number of carbonyl (C=O) groups is 4. The fourth-order valence-corrected chi connectivity index (χ4v) is 3.72. The van der Waals surface area contributed by atoms with E-state index in [9.17, 15) is 19.2 Å². The molecule has 1 aliphatic rings. The lowest BCUT2D eigenvalue weighted by atomic mass is 10.1. The molecule has 1 aliphatic heterocycles. The number of halogens is 2. The van der Waals surface area contributed by atoms with Gasteiger partial charge in [0.2, 0.25) is 0 Å². The standard InChI is InChI=1S/C26H18Cl2N2O6/c1-35-25(33)16-4-9-20(10-5-16)30-24(32)21(23(31)29-26(30)34)13-17-12-19(28)8-11-22(17)36-14-15-2-6-18(27)7-3-15/h2-13H,14H2,1H3,(H,29,31,34)/b21-13+. The summed E-state index contributed by atoms with van der Waals surface area (Å²) in [5, 5.41) is 3.11. The molecule has 0 aromatic heterocycles. The van der Waals surface area contributed by atoms with Gasteiger partial charge in [0.1, 0.15) is 17.9 Å². The molecule has 8 nitrogen and oxygen atoms in total. The van der Waals surface area contributed by atoms with Crippen molar-refractivity contribution in [3.05, 3.63) is 99.0 Å². The van der Waals surface area contributed by atoms with Crippen molar-refractivity contribution in [3.8, 4) is 5.75 Å². The zero-order valence-electron chi connectivity index (χ0n) is 18.8. The smallest absolute Gasteiger partial charge is 0.337 e. The van der Waals surface area contributed by atoms with Gasteiger partial charge in [-0.3, -0.25) is 14.9 Å². The zero-order valence-corrected chi connectivity index (χ0v) is 20.3. The Bertz CT molecular complexity index is 1380. The third kappa shape index (κ3) is 5.40. The Morgan fingerprint density at radius 3 is 2.28 bits per heavy atom. The Balaban J connectivity index is 1.64. The van der Waals surface area contributed by atoms with Gasteiger partial charge in [0.05, 0.1) is 18.4 Å². The minimum absolute atomic E-state index is 0.161. The predicted octanol–water partition coefficient (Wildman–Crippen LogP) is 5.03. The normalized spacial score (nSPS) is 14.6. The van der Waals surface area contributed by atoms with E-state index in [0.717, 1.165) is 10.5 Å². The van der Waals surface area contributed by atoms with Gasteiger partial charge in [-0.05, 0) is 66.2 Å². The minimum atomic E-state index is -0.918. The highest BCUT2D eigenvalue weighted by Gasteiger charge is 2.37. The third-order valence-electron chi connectivity index (χ3n) is 5.23. The molecule has 1 saturated heterocycles. The lowest BCUT2D eigenvalue weighted by molar-refractivity contribution is -0.122. The molecule has 36 heavy (non-hydrogen) atoms. The number of nitrogens with one attached hydrogen (secondary N) is 1. The SMILES string of the molecule is COC(=O)c1ccc(N2C(=O)NC(=O)/C(=C\c3cc(Cl)ccc3OCc3ccc(Cl)cc3)C2=O)cc1. The van der Waals surface area contributed by atoms with Crippen molar-refractivity contribution in [1.82, 2.24) is 5.32 Å². The Morgan fingerprint density at radius 1 is 0.944 bits per heavy atom. The molecule has 0 spiro atoms. The molecular weight excluding hydrogens is 507 g/mol. The monoisotopic (exact) mass is 524 g/mol. The summed E-state index contributed by atoms with van der Waals surface area (Å²) in [5.41, 5.74) is 1.32. The number of rotatable bonds is 6. The minimum Gasteiger partial charge on any atom is -0.488 e. The highest BCUT2D eigenvalue weighted by molar-refractivity contribution is 6.39. The van der Waals surface area contributed by atoms with Crippen LogP contribution in [0.15, 0.2) is 72.3 Å². The molecule has 0 radical (unpaired) electrons. The van der Waals surface area contributed by atoms with Gasteiger partial charge < -0.3 is 9.47 Å². The van der Waals surface area contributed by atoms with E-state index < -0.39 is 23.8 Å². The van der Waals surface area contributed by atoms with E-state index in [1.54, 1.807) is 24.3 Å². The second-order valence-corrected chi connectivity index (χ2v) is 8.47. The summed E-state index contributed by atoms with van der Waals surface area (Å²) < 4.78 is 10.5. The van der Waals surface area contributed by atoms with Crippen molar-refractivity contribution in [1.29, 1.82) is 0 Å². The summed E-state index contributed by atoms with van der Waals surface area (Å²) in [4.78, 5) is 50.8. The van der Waals surface area contributed by atoms with Gasteiger partial charge in [0, 0.05) is 15.6 Å². The van der Waals surface area contributed by atoms with E-state index >= 15 is 0 Å². The largest absolute Gasteiger partial charge is 0.488 e. The maximum absolute atomic E-state index is 13.2. The number of amides is 4. The van der Waals surface area contributed by atoms with Crippen LogP contribution >= 0.6 is 23.2 Å². The van der Waals surface area contributed by atoms with Crippen molar-refractivity contribution in [2.45, 2.75) is 6.61 Å². The number of imide groups is 2. The number of hydrogen-bond acceptors (Lipinski definition) is 6. The number of hydrogen-bond donors (Lipinski definition) is 1. The summed E-state index contributed by atoms with van der Waals surface area (Å²) in [5.74, 6) is -1.92. The van der Waals surface area contributed by atoms with Gasteiger partial charge in [-0.25, -0.2) is 14.5 Å². The van der Waals surface area contributed by atoms with E-state index in [-0.39, 0.29) is 23.4 Å². The Kier molecular flexibility index (Phi) is 7.38. The van der Waals surface area contributed by atoms with Gasteiger partial charge >= 0.3 is 12.0 Å². The van der Waals surface area contributed by atoms with E-state index in [2.05, 4.69) is 10.1 Å². The fraction of sp³-hybridized carbons (Fsp3) is 0.0769. The van der Waals surface area contributed by atoms with Crippen LogP contribution in [-0.2, 0) is 20.9 Å². The quantitative estimate of drug-likeness (QED) is 0.275. The number of barbiturate groups is 1. The van der Waals surface area contributed by atoms with Crippen molar-refractivity contribution in [2.24, 2.45) is 0 Å². The van der Waals surface area contributed by atoms with Crippen molar-refractivity contribution in [2.75, 3.05) is 12.0 Å². The number of methoxy groups -OCH3 is 1. The van der Waals surface area contributed by atoms with Gasteiger partial charge in [0.25, 0.3) is 11.8 Å². The average Bonchev–Trinajstić information content (AvgIpc) is 2.87. The molecule has 0 saturated carbocycles. The van der Waals surface area contributed by atoms with E-state index in [1.165, 1.54) is 43.5 Å². The molecule has 0 unspecified atom stereocenters. The lowest BCUT2D eigenvalue weighted by Gasteiger charge is -2.26. The predicted molar refractivity (Wildman–Crippen MR) is 134 cm³/mol. The topological polar surface area (TPSA) is 102 Å². The highest BCUT2D eigenvalue weighted by Crippen LogP contribution is 2.29. The van der Waals surface area contributed by atoms with E-state index in [4.69, 9.17) is 27.9 Å². The van der Waals surface area contributed by atoms with Crippen LogP contribution in [0.5, 0.6) is 5.75 Å². The molecule has 3 aromatic carbocycles. The number of esters is 1. The van der Waals surface area contributed by atoms with E-state index in [1.807, 2.05) is 12.1 Å². The summed E-state index contributed by atoms with van der Waals surface area (Å²) in [6.45, 7) is 0.201.